The topological polar surface area (TPSA) is 38.0 Å². The van der Waals surface area contributed by atoms with Crippen molar-refractivity contribution in [2.45, 2.75) is 17.4 Å². The second-order valence-corrected chi connectivity index (χ2v) is 6.62. The predicted octanol–water partition coefficient (Wildman–Crippen LogP) is 3.89. The summed E-state index contributed by atoms with van der Waals surface area (Å²) in [5.41, 5.74) is 3.29. The minimum absolute atomic E-state index is 0.0696. The monoisotopic (exact) mass is 372 g/mol. The van der Waals surface area contributed by atoms with Crippen molar-refractivity contribution in [3.8, 4) is 0 Å². The van der Waals surface area contributed by atoms with Gasteiger partial charge in [0.25, 0.3) is 0 Å². The molecule has 0 bridgehead atoms. The van der Waals surface area contributed by atoms with E-state index in [9.17, 15) is 8.78 Å². The van der Waals surface area contributed by atoms with Crippen LogP contribution in [0.2, 0.25) is 0 Å². The highest BCUT2D eigenvalue weighted by Crippen LogP contribution is 2.22. The molecule has 0 radical (unpaired) electrons. The van der Waals surface area contributed by atoms with Crippen LogP contribution >= 0.6 is 27.7 Å². The normalized spacial score (nSPS) is 12.4. The van der Waals surface area contributed by atoms with E-state index in [1.807, 2.05) is 24.3 Å². The molecule has 2 aromatic rings. The Hall–Kier alpha value is -0.950. The average Bonchev–Trinajstić information content (AvgIpc) is 2.44. The smallest absolute Gasteiger partial charge is 0.126 e. The molecular weight excluding hydrogens is 358 g/mol. The molecule has 2 nitrogen and oxygen atoms in total. The average molecular weight is 373 g/mol. The van der Waals surface area contributed by atoms with Crippen molar-refractivity contribution in [2.75, 3.05) is 5.75 Å². The molecule has 0 aromatic heterocycles. The van der Waals surface area contributed by atoms with Gasteiger partial charge in [-0.1, -0.05) is 15.9 Å². The molecule has 0 saturated heterocycles. The molecule has 2 rings (SSSR count). The van der Waals surface area contributed by atoms with Gasteiger partial charge in [-0.3, -0.25) is 11.3 Å². The fraction of sp³-hybridized carbons (Fsp3) is 0.200. The van der Waals surface area contributed by atoms with Crippen LogP contribution in [-0.2, 0) is 6.42 Å². The minimum atomic E-state index is -0.568. The molecule has 0 amide bonds. The summed E-state index contributed by atoms with van der Waals surface area (Å²) in [6.45, 7) is 0. The molecule has 0 saturated carbocycles. The van der Waals surface area contributed by atoms with Gasteiger partial charge < -0.3 is 0 Å². The highest BCUT2D eigenvalue weighted by molar-refractivity contribution is 9.10. The van der Waals surface area contributed by atoms with Gasteiger partial charge >= 0.3 is 0 Å². The lowest BCUT2D eigenvalue weighted by molar-refractivity contribution is 0.556. The van der Waals surface area contributed by atoms with E-state index in [1.165, 1.54) is 12.1 Å². The lowest BCUT2D eigenvalue weighted by atomic mass is 10.1. The quantitative estimate of drug-likeness (QED) is 0.458. The Kier molecular flexibility index (Phi) is 6.17. The van der Waals surface area contributed by atoms with Crippen LogP contribution in [0.1, 0.15) is 5.56 Å². The Morgan fingerprint density at radius 3 is 2.29 bits per heavy atom. The Bertz CT molecular complexity index is 572. The van der Waals surface area contributed by atoms with Crippen molar-refractivity contribution in [2.24, 2.45) is 5.84 Å². The summed E-state index contributed by atoms with van der Waals surface area (Å²) < 4.78 is 27.4. The van der Waals surface area contributed by atoms with E-state index in [4.69, 9.17) is 5.84 Å². The maximum atomic E-state index is 13.2. The van der Waals surface area contributed by atoms with E-state index in [0.717, 1.165) is 15.4 Å². The third-order valence-corrected chi connectivity index (χ3v) is 4.61. The second-order valence-electron chi connectivity index (χ2n) is 4.61. The van der Waals surface area contributed by atoms with E-state index >= 15 is 0 Å². The number of benzene rings is 2. The first-order valence-electron chi connectivity index (χ1n) is 6.36. The minimum Gasteiger partial charge on any atom is -0.271 e. The summed E-state index contributed by atoms with van der Waals surface area (Å²) in [6.07, 6.45) is 0.467. The summed E-state index contributed by atoms with van der Waals surface area (Å²) in [7, 11) is 0. The number of hydrazine groups is 1. The van der Waals surface area contributed by atoms with Gasteiger partial charge in [-0.2, -0.15) is 0 Å². The van der Waals surface area contributed by atoms with Gasteiger partial charge in [-0.25, -0.2) is 8.78 Å². The predicted molar refractivity (Wildman–Crippen MR) is 86.0 cm³/mol. The number of hydrogen-bond acceptors (Lipinski definition) is 3. The summed E-state index contributed by atoms with van der Waals surface area (Å²) in [6, 6.07) is 11.4. The zero-order valence-corrected chi connectivity index (χ0v) is 13.6. The molecule has 2 aromatic carbocycles. The molecule has 0 fully saturated rings. The van der Waals surface area contributed by atoms with E-state index in [2.05, 4.69) is 21.4 Å². The van der Waals surface area contributed by atoms with Crippen LogP contribution in [0.25, 0.3) is 0 Å². The molecule has 0 aliphatic rings. The van der Waals surface area contributed by atoms with Crippen LogP contribution in [-0.4, -0.2) is 11.8 Å². The molecule has 6 heteroatoms. The second kappa shape index (κ2) is 7.89. The third kappa shape index (κ3) is 5.39. The van der Waals surface area contributed by atoms with Crippen molar-refractivity contribution < 1.29 is 8.78 Å². The third-order valence-electron chi connectivity index (χ3n) is 2.90. The van der Waals surface area contributed by atoms with Gasteiger partial charge in [0, 0.05) is 27.2 Å². The zero-order chi connectivity index (χ0) is 15.2. The van der Waals surface area contributed by atoms with Crippen molar-refractivity contribution in [3.63, 3.8) is 0 Å². The van der Waals surface area contributed by atoms with Gasteiger partial charge in [-0.05, 0) is 48.4 Å². The van der Waals surface area contributed by atoms with Crippen LogP contribution in [0.4, 0.5) is 8.78 Å². The van der Waals surface area contributed by atoms with Crippen LogP contribution in [0.15, 0.2) is 51.8 Å². The summed E-state index contributed by atoms with van der Waals surface area (Å²) >= 11 is 5.02. The van der Waals surface area contributed by atoms with Gasteiger partial charge in [-0.15, -0.1) is 11.8 Å². The van der Waals surface area contributed by atoms with E-state index < -0.39 is 11.6 Å². The van der Waals surface area contributed by atoms with Gasteiger partial charge in [0.15, 0.2) is 0 Å². The fourth-order valence-electron chi connectivity index (χ4n) is 1.91. The van der Waals surface area contributed by atoms with Crippen LogP contribution in [0.3, 0.4) is 0 Å². The first kappa shape index (κ1) is 16.4. The van der Waals surface area contributed by atoms with E-state index in [0.29, 0.717) is 17.7 Å². The van der Waals surface area contributed by atoms with Crippen molar-refractivity contribution in [1.29, 1.82) is 0 Å². The lowest BCUT2D eigenvalue weighted by Crippen LogP contribution is -2.38. The molecule has 112 valence electrons. The molecular formula is C15H15BrF2N2S. The highest BCUT2D eigenvalue weighted by Gasteiger charge is 2.10. The Balaban J connectivity index is 1.95. The standard InChI is InChI=1S/C15H15BrF2N2S/c16-11-1-3-15(4-2-11)21-9-14(20-19)7-10-5-12(17)8-13(18)6-10/h1-6,8,14,20H,7,9,19H2. The summed E-state index contributed by atoms with van der Waals surface area (Å²) in [5, 5.41) is 0. The van der Waals surface area contributed by atoms with E-state index in [1.54, 1.807) is 11.8 Å². The highest BCUT2D eigenvalue weighted by atomic mass is 79.9. The van der Waals surface area contributed by atoms with Crippen molar-refractivity contribution >= 4 is 27.7 Å². The Labute approximate surface area is 135 Å². The van der Waals surface area contributed by atoms with Crippen LogP contribution in [0.5, 0.6) is 0 Å². The summed E-state index contributed by atoms with van der Waals surface area (Å²) in [5.74, 6) is 5.09. The van der Waals surface area contributed by atoms with Crippen molar-refractivity contribution in [1.82, 2.24) is 5.43 Å². The maximum Gasteiger partial charge on any atom is 0.126 e. The fourth-order valence-corrected chi connectivity index (χ4v) is 3.11. The lowest BCUT2D eigenvalue weighted by Gasteiger charge is -2.15. The van der Waals surface area contributed by atoms with E-state index in [-0.39, 0.29) is 6.04 Å². The Morgan fingerprint density at radius 2 is 1.71 bits per heavy atom. The largest absolute Gasteiger partial charge is 0.271 e. The number of nitrogens with one attached hydrogen (secondary N) is 1. The zero-order valence-electron chi connectivity index (χ0n) is 11.2. The van der Waals surface area contributed by atoms with Gasteiger partial charge in [0.05, 0.1) is 0 Å². The van der Waals surface area contributed by atoms with Crippen LogP contribution in [0, 0.1) is 11.6 Å². The number of thioether (sulfide) groups is 1. The number of halogens is 3. The number of nitrogens with two attached hydrogens (primary N) is 1. The molecule has 3 N–H and O–H groups in total. The maximum absolute atomic E-state index is 13.2. The molecule has 0 heterocycles. The van der Waals surface area contributed by atoms with Crippen molar-refractivity contribution in [3.05, 3.63) is 64.1 Å². The SMILES string of the molecule is NNC(CSc1ccc(Br)cc1)Cc1cc(F)cc(F)c1. The molecule has 0 spiro atoms. The molecule has 1 unspecified atom stereocenters. The first-order chi connectivity index (χ1) is 10.1. The van der Waals surface area contributed by atoms with Gasteiger partial charge in [0.1, 0.15) is 11.6 Å². The number of rotatable bonds is 6. The summed E-state index contributed by atoms with van der Waals surface area (Å²) in [4.78, 5) is 1.11. The number of hydrogen-bond donors (Lipinski definition) is 2. The Morgan fingerprint density at radius 1 is 1.10 bits per heavy atom. The molecule has 0 aliphatic carbocycles. The molecule has 21 heavy (non-hydrogen) atoms. The first-order valence-corrected chi connectivity index (χ1v) is 8.14. The molecule has 1 atom stereocenters. The van der Waals surface area contributed by atoms with Gasteiger partial charge in [0.2, 0.25) is 0 Å². The molecule has 0 aliphatic heterocycles. The van der Waals surface area contributed by atoms with Crippen LogP contribution < -0.4 is 11.3 Å².